The van der Waals surface area contributed by atoms with Crippen molar-refractivity contribution in [3.63, 3.8) is 0 Å². The maximum atomic E-state index is 2.63. The first-order chi connectivity index (χ1) is 7.22. The molecule has 2 rings (SSSR count). The van der Waals surface area contributed by atoms with Gasteiger partial charge in [0.05, 0.1) is 0 Å². The van der Waals surface area contributed by atoms with Gasteiger partial charge in [-0.15, -0.1) is 0 Å². The lowest BCUT2D eigenvalue weighted by Gasteiger charge is -2.28. The smallest absolute Gasteiger partial charge is 0.00754 e. The van der Waals surface area contributed by atoms with E-state index in [1.165, 1.54) is 38.9 Å². The van der Waals surface area contributed by atoms with Crippen molar-refractivity contribution in [2.75, 3.05) is 19.6 Å². The Hall–Kier alpha value is -0.300. The summed E-state index contributed by atoms with van der Waals surface area (Å²) in [7, 11) is 0. The Bertz CT molecular complexity index is 246. The summed E-state index contributed by atoms with van der Waals surface area (Å²) in [5.74, 6) is 1.92. The Kier molecular flexibility index (Phi) is 3.20. The van der Waals surface area contributed by atoms with Gasteiger partial charge in [0.2, 0.25) is 0 Å². The molecule has 0 aromatic heterocycles. The van der Waals surface area contributed by atoms with Crippen LogP contribution in [0.4, 0.5) is 0 Å². The SMILES string of the molecule is CCCN(CC)C[C@@]12C=CC[C@@H](C)[C@@H]1C2. The summed E-state index contributed by atoms with van der Waals surface area (Å²) in [4.78, 5) is 2.63. The van der Waals surface area contributed by atoms with E-state index in [2.05, 4.69) is 37.8 Å². The number of rotatable bonds is 5. The van der Waals surface area contributed by atoms with Crippen LogP contribution < -0.4 is 0 Å². The van der Waals surface area contributed by atoms with Crippen molar-refractivity contribution in [3.05, 3.63) is 12.2 Å². The summed E-state index contributed by atoms with van der Waals surface area (Å²) in [6, 6.07) is 0. The highest BCUT2D eigenvalue weighted by atomic mass is 15.1. The molecular weight excluding hydrogens is 182 g/mol. The normalized spacial score (nSPS) is 38.1. The summed E-state index contributed by atoms with van der Waals surface area (Å²) in [5.41, 5.74) is 0.586. The minimum atomic E-state index is 0.586. The molecule has 0 aliphatic heterocycles. The minimum Gasteiger partial charge on any atom is -0.303 e. The molecule has 1 saturated carbocycles. The number of nitrogens with zero attached hydrogens (tertiary/aromatic N) is 1. The van der Waals surface area contributed by atoms with Gasteiger partial charge in [-0.3, -0.25) is 0 Å². The molecule has 0 bridgehead atoms. The number of allylic oxidation sites excluding steroid dienone is 1. The third-order valence-corrected chi connectivity index (χ3v) is 4.33. The first kappa shape index (κ1) is 11.2. The molecule has 0 amide bonds. The van der Waals surface area contributed by atoms with Crippen LogP contribution in [-0.2, 0) is 0 Å². The topological polar surface area (TPSA) is 3.24 Å². The molecule has 1 fully saturated rings. The van der Waals surface area contributed by atoms with Gasteiger partial charge in [0.1, 0.15) is 0 Å². The summed E-state index contributed by atoms with van der Waals surface area (Å²) in [6.45, 7) is 10.8. The Morgan fingerprint density at radius 2 is 2.20 bits per heavy atom. The molecule has 1 nitrogen and oxygen atoms in total. The van der Waals surface area contributed by atoms with E-state index in [-0.39, 0.29) is 0 Å². The van der Waals surface area contributed by atoms with E-state index >= 15 is 0 Å². The van der Waals surface area contributed by atoms with Crippen molar-refractivity contribution < 1.29 is 0 Å². The third kappa shape index (κ3) is 2.13. The van der Waals surface area contributed by atoms with Crippen LogP contribution in [0.1, 0.15) is 40.0 Å². The van der Waals surface area contributed by atoms with Crippen LogP contribution in [0.5, 0.6) is 0 Å². The highest BCUT2D eigenvalue weighted by Gasteiger charge is 2.55. The zero-order valence-electron chi connectivity index (χ0n) is 10.5. The van der Waals surface area contributed by atoms with E-state index in [0.717, 1.165) is 11.8 Å². The van der Waals surface area contributed by atoms with Gasteiger partial charge < -0.3 is 4.90 Å². The first-order valence-corrected chi connectivity index (χ1v) is 6.62. The zero-order chi connectivity index (χ0) is 10.9. The average molecular weight is 207 g/mol. The molecule has 0 N–H and O–H groups in total. The average Bonchev–Trinajstić information content (AvgIpc) is 2.94. The largest absolute Gasteiger partial charge is 0.303 e. The molecule has 2 aliphatic carbocycles. The van der Waals surface area contributed by atoms with Crippen LogP contribution in [-0.4, -0.2) is 24.5 Å². The standard InChI is InChI=1S/C14H25N/c1-4-9-15(5-2)11-14-8-6-7-12(3)13(14)10-14/h6,8,12-13H,4-5,7,9-11H2,1-3H3/t12-,13+,14+/m1/s1. The van der Waals surface area contributed by atoms with Gasteiger partial charge in [0.15, 0.2) is 0 Å². The van der Waals surface area contributed by atoms with E-state index in [9.17, 15) is 0 Å². The predicted molar refractivity (Wildman–Crippen MR) is 65.9 cm³/mol. The fourth-order valence-electron chi connectivity index (χ4n) is 3.31. The van der Waals surface area contributed by atoms with Crippen molar-refractivity contribution in [1.82, 2.24) is 4.90 Å². The summed E-state index contributed by atoms with van der Waals surface area (Å²) in [5, 5.41) is 0. The molecular formula is C14H25N. The van der Waals surface area contributed by atoms with Crippen molar-refractivity contribution in [3.8, 4) is 0 Å². The van der Waals surface area contributed by atoms with Crippen LogP contribution >= 0.6 is 0 Å². The zero-order valence-corrected chi connectivity index (χ0v) is 10.5. The lowest BCUT2D eigenvalue weighted by molar-refractivity contribution is 0.230. The van der Waals surface area contributed by atoms with Gasteiger partial charge in [0, 0.05) is 12.0 Å². The molecule has 0 heterocycles. The van der Waals surface area contributed by atoms with Crippen molar-refractivity contribution >= 4 is 0 Å². The monoisotopic (exact) mass is 207 g/mol. The van der Waals surface area contributed by atoms with Crippen molar-refractivity contribution in [2.24, 2.45) is 17.3 Å². The Balaban J connectivity index is 1.94. The Morgan fingerprint density at radius 1 is 1.40 bits per heavy atom. The van der Waals surface area contributed by atoms with E-state index in [4.69, 9.17) is 0 Å². The molecule has 0 unspecified atom stereocenters. The fraction of sp³-hybridized carbons (Fsp3) is 0.857. The van der Waals surface area contributed by atoms with E-state index in [1.54, 1.807) is 0 Å². The molecule has 0 aromatic carbocycles. The molecule has 3 atom stereocenters. The number of hydrogen-bond acceptors (Lipinski definition) is 1. The van der Waals surface area contributed by atoms with Gasteiger partial charge in [-0.05, 0) is 44.2 Å². The molecule has 15 heavy (non-hydrogen) atoms. The molecule has 0 aromatic rings. The van der Waals surface area contributed by atoms with E-state index < -0.39 is 0 Å². The van der Waals surface area contributed by atoms with Crippen molar-refractivity contribution in [1.29, 1.82) is 0 Å². The van der Waals surface area contributed by atoms with Gasteiger partial charge in [-0.1, -0.05) is 32.9 Å². The molecule has 0 saturated heterocycles. The van der Waals surface area contributed by atoms with Crippen LogP contribution in [0.3, 0.4) is 0 Å². The fourth-order valence-corrected chi connectivity index (χ4v) is 3.31. The van der Waals surface area contributed by atoms with E-state index in [1.807, 2.05) is 0 Å². The highest BCUT2D eigenvalue weighted by molar-refractivity contribution is 5.21. The quantitative estimate of drug-likeness (QED) is 0.625. The maximum absolute atomic E-state index is 2.63. The van der Waals surface area contributed by atoms with Crippen LogP contribution in [0.2, 0.25) is 0 Å². The second-order valence-corrected chi connectivity index (χ2v) is 5.53. The second kappa shape index (κ2) is 4.29. The van der Waals surface area contributed by atoms with E-state index in [0.29, 0.717) is 5.41 Å². The summed E-state index contributed by atoms with van der Waals surface area (Å²) >= 11 is 0. The molecule has 86 valence electrons. The Morgan fingerprint density at radius 3 is 2.87 bits per heavy atom. The van der Waals surface area contributed by atoms with Crippen LogP contribution in [0.15, 0.2) is 12.2 Å². The number of hydrogen-bond donors (Lipinski definition) is 0. The molecule has 1 heteroatoms. The third-order valence-electron chi connectivity index (χ3n) is 4.33. The summed E-state index contributed by atoms with van der Waals surface area (Å²) in [6.07, 6.45) is 9.00. The highest BCUT2D eigenvalue weighted by Crippen LogP contribution is 2.60. The van der Waals surface area contributed by atoms with Gasteiger partial charge in [-0.25, -0.2) is 0 Å². The lowest BCUT2D eigenvalue weighted by atomic mass is 9.87. The molecule has 0 radical (unpaired) electrons. The Labute approximate surface area is 94.5 Å². The summed E-state index contributed by atoms with van der Waals surface area (Å²) < 4.78 is 0. The maximum Gasteiger partial charge on any atom is 0.00754 e. The molecule has 0 spiro atoms. The van der Waals surface area contributed by atoms with Crippen molar-refractivity contribution in [2.45, 2.75) is 40.0 Å². The molecule has 2 aliphatic rings. The van der Waals surface area contributed by atoms with Gasteiger partial charge in [0.25, 0.3) is 0 Å². The first-order valence-electron chi connectivity index (χ1n) is 6.62. The lowest BCUT2D eigenvalue weighted by Crippen LogP contribution is -2.32. The van der Waals surface area contributed by atoms with Crippen LogP contribution in [0.25, 0.3) is 0 Å². The van der Waals surface area contributed by atoms with Crippen LogP contribution in [0, 0.1) is 17.3 Å². The minimum absolute atomic E-state index is 0.586. The predicted octanol–water partition coefficient (Wildman–Crippen LogP) is 3.32. The van der Waals surface area contributed by atoms with Gasteiger partial charge in [-0.2, -0.15) is 0 Å². The number of fused-ring (bicyclic) bond motifs is 1. The second-order valence-electron chi connectivity index (χ2n) is 5.53. The van der Waals surface area contributed by atoms with Gasteiger partial charge >= 0.3 is 0 Å².